The lowest BCUT2D eigenvalue weighted by Gasteiger charge is -2.23. The highest BCUT2D eigenvalue weighted by atomic mass is 35.5. The number of aryl methyl sites for hydroxylation is 1. The molecule has 1 atom stereocenters. The van der Waals surface area contributed by atoms with Crippen LogP contribution in [-0.2, 0) is 0 Å². The normalized spacial score (nSPS) is 17.2. The van der Waals surface area contributed by atoms with Crippen LogP contribution in [0.3, 0.4) is 0 Å². The number of hydrogen-bond donors (Lipinski definition) is 2. The van der Waals surface area contributed by atoms with Crippen molar-refractivity contribution in [3.05, 3.63) is 53.1 Å². The highest BCUT2D eigenvalue weighted by Gasteiger charge is 2.20. The molecule has 0 bridgehead atoms. The molecule has 1 saturated heterocycles. The molecule has 1 aromatic carbocycles. The third-order valence-electron chi connectivity index (χ3n) is 4.39. The van der Waals surface area contributed by atoms with Crippen molar-refractivity contribution in [1.29, 1.82) is 0 Å². The Morgan fingerprint density at radius 2 is 2.00 bits per heavy atom. The molecule has 1 aliphatic heterocycles. The number of carbonyl (C=O) groups is 1. The van der Waals surface area contributed by atoms with Crippen LogP contribution in [0.15, 0.2) is 30.3 Å². The van der Waals surface area contributed by atoms with Crippen molar-refractivity contribution >= 4 is 18.3 Å². The highest BCUT2D eigenvalue weighted by molar-refractivity contribution is 5.96. The molecule has 0 radical (unpaired) electrons. The monoisotopic (exact) mass is 351 g/mol. The number of rotatable bonds is 3. The van der Waals surface area contributed by atoms with E-state index in [1.807, 2.05) is 24.5 Å². The first-order valence-corrected chi connectivity index (χ1v) is 8.02. The molecule has 2 N–H and O–H groups in total. The Labute approximate surface area is 147 Å². The number of aromatic nitrogens is 1. The lowest BCUT2D eigenvalue weighted by molar-refractivity contribution is 0.0930. The van der Waals surface area contributed by atoms with Gasteiger partial charge in [-0.05, 0) is 63.6 Å². The summed E-state index contributed by atoms with van der Waals surface area (Å²) in [6.45, 7) is 5.72. The predicted molar refractivity (Wildman–Crippen MR) is 95.8 cm³/mol. The quantitative estimate of drug-likeness (QED) is 0.892. The van der Waals surface area contributed by atoms with Gasteiger partial charge in [-0.3, -0.25) is 4.79 Å². The van der Waals surface area contributed by atoms with Gasteiger partial charge >= 0.3 is 0 Å². The second kappa shape index (κ2) is 7.81. The number of carbonyl (C=O) groups excluding carboxylic acids is 1. The van der Waals surface area contributed by atoms with Gasteiger partial charge in [-0.25, -0.2) is 4.39 Å². The van der Waals surface area contributed by atoms with Gasteiger partial charge in [0.1, 0.15) is 5.82 Å². The van der Waals surface area contributed by atoms with Crippen molar-refractivity contribution < 1.29 is 9.18 Å². The number of amides is 1. The Hall–Kier alpha value is -1.85. The van der Waals surface area contributed by atoms with Crippen LogP contribution in [-0.4, -0.2) is 29.6 Å². The lowest BCUT2D eigenvalue weighted by atomic mass is 10.1. The van der Waals surface area contributed by atoms with Crippen LogP contribution in [0.1, 0.15) is 34.6 Å². The van der Waals surface area contributed by atoms with E-state index in [9.17, 15) is 9.18 Å². The zero-order valence-electron chi connectivity index (χ0n) is 13.9. The molecule has 2 aromatic rings. The Bertz CT molecular complexity index is 706. The molecule has 1 fully saturated rings. The molecular weight excluding hydrogens is 329 g/mol. The molecule has 1 aromatic heterocycles. The smallest absolute Gasteiger partial charge is 0.253 e. The van der Waals surface area contributed by atoms with E-state index in [-0.39, 0.29) is 30.2 Å². The summed E-state index contributed by atoms with van der Waals surface area (Å²) in [4.78, 5) is 12.6. The maximum absolute atomic E-state index is 13.1. The topological polar surface area (TPSA) is 46.1 Å². The first-order chi connectivity index (χ1) is 11.1. The number of benzene rings is 1. The summed E-state index contributed by atoms with van der Waals surface area (Å²) in [6.07, 6.45) is 2.09. The number of piperidine rings is 1. The first-order valence-electron chi connectivity index (χ1n) is 8.02. The van der Waals surface area contributed by atoms with E-state index in [1.165, 1.54) is 12.1 Å². The second-order valence-corrected chi connectivity index (χ2v) is 6.11. The second-order valence-electron chi connectivity index (χ2n) is 6.11. The van der Waals surface area contributed by atoms with Crippen LogP contribution in [0.25, 0.3) is 5.69 Å². The zero-order chi connectivity index (χ0) is 16.4. The van der Waals surface area contributed by atoms with Crippen LogP contribution in [0.2, 0.25) is 0 Å². The number of nitrogens with zero attached hydrogens (tertiary/aromatic N) is 1. The molecule has 24 heavy (non-hydrogen) atoms. The van der Waals surface area contributed by atoms with E-state index in [4.69, 9.17) is 0 Å². The van der Waals surface area contributed by atoms with E-state index >= 15 is 0 Å². The van der Waals surface area contributed by atoms with Crippen LogP contribution >= 0.6 is 12.4 Å². The minimum atomic E-state index is -0.265. The summed E-state index contributed by atoms with van der Waals surface area (Å²) in [5, 5.41) is 6.40. The van der Waals surface area contributed by atoms with E-state index < -0.39 is 0 Å². The molecular formula is C18H23ClFN3O. The summed E-state index contributed by atoms with van der Waals surface area (Å²) in [7, 11) is 0. The van der Waals surface area contributed by atoms with E-state index in [0.717, 1.165) is 43.0 Å². The molecule has 2 heterocycles. The molecule has 0 aliphatic carbocycles. The summed E-state index contributed by atoms with van der Waals surface area (Å²) in [5.41, 5.74) is 3.37. The van der Waals surface area contributed by atoms with Gasteiger partial charge in [0, 0.05) is 29.7 Å². The fraction of sp³-hybridized carbons (Fsp3) is 0.389. The molecule has 0 saturated carbocycles. The van der Waals surface area contributed by atoms with Gasteiger partial charge in [-0.2, -0.15) is 0 Å². The average Bonchev–Trinajstić information content (AvgIpc) is 2.84. The van der Waals surface area contributed by atoms with Gasteiger partial charge in [0.15, 0.2) is 0 Å². The predicted octanol–water partition coefficient (Wildman–Crippen LogP) is 3.14. The molecule has 6 heteroatoms. The van der Waals surface area contributed by atoms with Crippen molar-refractivity contribution in [3.63, 3.8) is 0 Å². The Morgan fingerprint density at radius 1 is 1.29 bits per heavy atom. The van der Waals surface area contributed by atoms with Crippen LogP contribution in [0, 0.1) is 19.7 Å². The van der Waals surface area contributed by atoms with Crippen LogP contribution in [0.5, 0.6) is 0 Å². The Balaban J connectivity index is 0.00000208. The summed E-state index contributed by atoms with van der Waals surface area (Å²) in [5.74, 6) is -0.306. The summed E-state index contributed by atoms with van der Waals surface area (Å²) < 4.78 is 15.1. The van der Waals surface area contributed by atoms with Crippen molar-refractivity contribution in [2.75, 3.05) is 13.1 Å². The third kappa shape index (κ3) is 3.79. The number of halogens is 2. The summed E-state index contributed by atoms with van der Waals surface area (Å²) in [6, 6.07) is 8.39. The van der Waals surface area contributed by atoms with Gasteiger partial charge in [-0.1, -0.05) is 0 Å². The van der Waals surface area contributed by atoms with E-state index in [1.54, 1.807) is 12.1 Å². The molecule has 1 aliphatic rings. The molecule has 1 unspecified atom stereocenters. The zero-order valence-corrected chi connectivity index (χ0v) is 14.8. The number of nitrogens with one attached hydrogen (secondary N) is 2. The number of hydrogen-bond acceptors (Lipinski definition) is 2. The molecule has 3 rings (SSSR count). The van der Waals surface area contributed by atoms with E-state index in [2.05, 4.69) is 10.6 Å². The summed E-state index contributed by atoms with van der Waals surface area (Å²) >= 11 is 0. The van der Waals surface area contributed by atoms with Gasteiger partial charge < -0.3 is 15.2 Å². The van der Waals surface area contributed by atoms with Crippen molar-refractivity contribution in [2.45, 2.75) is 32.7 Å². The molecule has 4 nitrogen and oxygen atoms in total. The SMILES string of the molecule is Cc1cc(C(=O)NC2CCCNC2)c(C)n1-c1ccc(F)cc1.Cl. The fourth-order valence-corrected chi connectivity index (χ4v) is 3.22. The molecule has 130 valence electrons. The maximum Gasteiger partial charge on any atom is 0.253 e. The van der Waals surface area contributed by atoms with Gasteiger partial charge in [0.25, 0.3) is 5.91 Å². The van der Waals surface area contributed by atoms with E-state index in [0.29, 0.717) is 5.56 Å². The fourth-order valence-electron chi connectivity index (χ4n) is 3.22. The Morgan fingerprint density at radius 3 is 2.62 bits per heavy atom. The first kappa shape index (κ1) is 18.5. The van der Waals surface area contributed by atoms with Gasteiger partial charge in [-0.15, -0.1) is 12.4 Å². The van der Waals surface area contributed by atoms with Crippen molar-refractivity contribution in [3.8, 4) is 5.69 Å². The Kier molecular flexibility index (Phi) is 6.02. The average molecular weight is 352 g/mol. The lowest BCUT2D eigenvalue weighted by Crippen LogP contribution is -2.45. The maximum atomic E-state index is 13.1. The third-order valence-corrected chi connectivity index (χ3v) is 4.39. The largest absolute Gasteiger partial charge is 0.348 e. The van der Waals surface area contributed by atoms with Crippen LogP contribution in [0.4, 0.5) is 4.39 Å². The van der Waals surface area contributed by atoms with Crippen molar-refractivity contribution in [1.82, 2.24) is 15.2 Å². The minimum Gasteiger partial charge on any atom is -0.348 e. The van der Waals surface area contributed by atoms with Crippen LogP contribution < -0.4 is 10.6 Å². The van der Waals surface area contributed by atoms with Gasteiger partial charge in [0.05, 0.1) is 5.56 Å². The standard InChI is InChI=1S/C18H22FN3O.ClH/c1-12-10-17(18(23)21-15-4-3-9-20-11-15)13(2)22(12)16-7-5-14(19)6-8-16;/h5-8,10,15,20H,3-4,9,11H2,1-2H3,(H,21,23);1H. The van der Waals surface area contributed by atoms with Gasteiger partial charge in [0.2, 0.25) is 0 Å². The molecule has 0 spiro atoms. The highest BCUT2D eigenvalue weighted by Crippen LogP contribution is 2.21. The molecule has 1 amide bonds. The van der Waals surface area contributed by atoms with Crippen molar-refractivity contribution in [2.24, 2.45) is 0 Å². The minimum absolute atomic E-state index is 0.